The van der Waals surface area contributed by atoms with E-state index in [1.165, 1.54) is 12.1 Å². The first kappa shape index (κ1) is 9.01. The van der Waals surface area contributed by atoms with Crippen molar-refractivity contribution in [1.82, 2.24) is 0 Å². The van der Waals surface area contributed by atoms with Crippen molar-refractivity contribution in [3.8, 4) is 11.8 Å². The second-order valence-electron chi connectivity index (χ2n) is 2.22. The van der Waals surface area contributed by atoms with E-state index in [2.05, 4.69) is 15.9 Å². The third-order valence-electron chi connectivity index (χ3n) is 1.39. The third kappa shape index (κ3) is 1.74. The molecule has 1 rings (SSSR count). The molecule has 0 spiro atoms. The van der Waals surface area contributed by atoms with Gasteiger partial charge in [-0.1, -0.05) is 15.9 Å². The summed E-state index contributed by atoms with van der Waals surface area (Å²) in [5.41, 5.74) is 0.0423. The Balaban J connectivity index is 3.21. The second-order valence-corrected chi connectivity index (χ2v) is 3.14. The van der Waals surface area contributed by atoms with E-state index in [1.807, 2.05) is 0 Å². The summed E-state index contributed by atoms with van der Waals surface area (Å²) >= 11 is 3.02. The fourth-order valence-electron chi connectivity index (χ4n) is 0.844. The average molecular weight is 230 g/mol. The minimum Gasteiger partial charge on any atom is -0.507 e. The first-order chi connectivity index (χ1) is 5.65. The lowest BCUT2D eigenvalue weighted by atomic mass is 10.1. The zero-order chi connectivity index (χ0) is 9.14. The summed E-state index contributed by atoms with van der Waals surface area (Å²) in [4.78, 5) is 0. The fraction of sp³-hybridized carbons (Fsp3) is 0.125. The lowest BCUT2D eigenvalue weighted by molar-refractivity contribution is 0.460. The van der Waals surface area contributed by atoms with Gasteiger partial charge in [-0.25, -0.2) is 4.39 Å². The Morgan fingerprint density at radius 2 is 2.25 bits per heavy atom. The van der Waals surface area contributed by atoms with Gasteiger partial charge in [0.05, 0.1) is 12.5 Å². The van der Waals surface area contributed by atoms with Crippen LogP contribution < -0.4 is 0 Å². The molecule has 1 aromatic carbocycles. The molecule has 0 radical (unpaired) electrons. The van der Waals surface area contributed by atoms with Gasteiger partial charge >= 0.3 is 0 Å². The molecule has 1 N–H and O–H groups in total. The molecular formula is C8H5BrFNO. The summed E-state index contributed by atoms with van der Waals surface area (Å²) in [7, 11) is 0. The van der Waals surface area contributed by atoms with Gasteiger partial charge in [0.15, 0.2) is 0 Å². The number of nitriles is 1. The summed E-state index contributed by atoms with van der Waals surface area (Å²) in [5, 5.41) is 17.5. The van der Waals surface area contributed by atoms with Crippen LogP contribution in [0, 0.1) is 17.1 Å². The number of nitrogens with zero attached hydrogens (tertiary/aromatic N) is 1. The maximum Gasteiger partial charge on any atom is 0.132 e. The lowest BCUT2D eigenvalue weighted by Gasteiger charge is -2.01. The van der Waals surface area contributed by atoms with E-state index in [0.29, 0.717) is 4.47 Å². The monoisotopic (exact) mass is 229 g/mol. The first-order valence-corrected chi connectivity index (χ1v) is 3.98. The van der Waals surface area contributed by atoms with Gasteiger partial charge in [-0.3, -0.25) is 0 Å². The molecule has 12 heavy (non-hydrogen) atoms. The quantitative estimate of drug-likeness (QED) is 0.804. The molecular weight excluding hydrogens is 225 g/mol. The van der Waals surface area contributed by atoms with Crippen molar-refractivity contribution < 1.29 is 9.50 Å². The third-order valence-corrected chi connectivity index (χ3v) is 1.85. The zero-order valence-corrected chi connectivity index (χ0v) is 7.60. The summed E-state index contributed by atoms with van der Waals surface area (Å²) in [5.74, 6) is -0.758. The SMILES string of the molecule is N#CCc1c(O)cc(Br)cc1F. The molecule has 0 bridgehead atoms. The molecule has 2 nitrogen and oxygen atoms in total. The topological polar surface area (TPSA) is 44.0 Å². The van der Waals surface area contributed by atoms with Crippen molar-refractivity contribution >= 4 is 15.9 Å². The Morgan fingerprint density at radius 3 is 2.75 bits per heavy atom. The van der Waals surface area contributed by atoms with E-state index >= 15 is 0 Å². The Morgan fingerprint density at radius 1 is 1.58 bits per heavy atom. The molecule has 0 aliphatic heterocycles. The van der Waals surface area contributed by atoms with Crippen LogP contribution in [0.1, 0.15) is 5.56 Å². The van der Waals surface area contributed by atoms with Crippen LogP contribution >= 0.6 is 15.9 Å². The average Bonchev–Trinajstić information content (AvgIpc) is 1.96. The standard InChI is InChI=1S/C8H5BrFNO/c9-5-3-7(10)6(1-2-11)8(12)4-5/h3-4,12H,1H2. The molecule has 0 saturated heterocycles. The Kier molecular flexibility index (Phi) is 2.66. The highest BCUT2D eigenvalue weighted by Gasteiger charge is 2.08. The highest BCUT2D eigenvalue weighted by atomic mass is 79.9. The maximum atomic E-state index is 13.0. The van der Waals surface area contributed by atoms with Crippen LogP contribution in [0.25, 0.3) is 0 Å². The number of hydrogen-bond donors (Lipinski definition) is 1. The Hall–Kier alpha value is -1.08. The molecule has 0 aliphatic rings. The predicted molar refractivity (Wildman–Crippen MR) is 45.1 cm³/mol. The van der Waals surface area contributed by atoms with Crippen molar-refractivity contribution in [2.24, 2.45) is 0 Å². The van der Waals surface area contributed by atoms with Crippen LogP contribution in [0.4, 0.5) is 4.39 Å². The van der Waals surface area contributed by atoms with Gasteiger partial charge in [-0.05, 0) is 12.1 Å². The van der Waals surface area contributed by atoms with Crippen molar-refractivity contribution in [3.05, 3.63) is 28.0 Å². The number of phenols is 1. The van der Waals surface area contributed by atoms with Gasteiger partial charge in [-0.2, -0.15) is 5.26 Å². The molecule has 0 aromatic heterocycles. The van der Waals surface area contributed by atoms with E-state index in [1.54, 1.807) is 6.07 Å². The van der Waals surface area contributed by atoms with Crippen molar-refractivity contribution in [2.45, 2.75) is 6.42 Å². The molecule has 1 aromatic rings. The van der Waals surface area contributed by atoms with Crippen LogP contribution in [0.3, 0.4) is 0 Å². The van der Waals surface area contributed by atoms with Gasteiger partial charge in [0.2, 0.25) is 0 Å². The van der Waals surface area contributed by atoms with Gasteiger partial charge in [0.25, 0.3) is 0 Å². The molecule has 62 valence electrons. The number of hydrogen-bond acceptors (Lipinski definition) is 2. The van der Waals surface area contributed by atoms with Gasteiger partial charge in [-0.15, -0.1) is 0 Å². The highest BCUT2D eigenvalue weighted by molar-refractivity contribution is 9.10. The Bertz CT molecular complexity index is 322. The molecule has 0 amide bonds. The molecule has 4 heteroatoms. The number of rotatable bonds is 1. The maximum absolute atomic E-state index is 13.0. The molecule has 0 atom stereocenters. The molecule has 0 heterocycles. The van der Waals surface area contributed by atoms with Crippen LogP contribution in [-0.4, -0.2) is 5.11 Å². The van der Waals surface area contributed by atoms with E-state index in [4.69, 9.17) is 5.26 Å². The number of benzene rings is 1. The van der Waals surface area contributed by atoms with Crippen molar-refractivity contribution in [1.29, 1.82) is 5.26 Å². The zero-order valence-electron chi connectivity index (χ0n) is 6.01. The van der Waals surface area contributed by atoms with Crippen molar-refractivity contribution in [3.63, 3.8) is 0 Å². The van der Waals surface area contributed by atoms with Crippen LogP contribution in [0.2, 0.25) is 0 Å². The van der Waals surface area contributed by atoms with Crippen molar-refractivity contribution in [2.75, 3.05) is 0 Å². The molecule has 0 unspecified atom stereocenters. The molecule has 0 aliphatic carbocycles. The van der Waals surface area contributed by atoms with Crippen LogP contribution in [0.5, 0.6) is 5.75 Å². The van der Waals surface area contributed by atoms with E-state index in [-0.39, 0.29) is 17.7 Å². The normalized spacial score (nSPS) is 9.42. The smallest absolute Gasteiger partial charge is 0.132 e. The summed E-state index contributed by atoms with van der Waals surface area (Å²) in [6.07, 6.45) is -0.120. The van der Waals surface area contributed by atoms with Gasteiger partial charge in [0, 0.05) is 10.0 Å². The number of phenolic OH excluding ortho intramolecular Hbond substituents is 1. The minimum atomic E-state index is -0.566. The number of halogens is 2. The molecule has 0 saturated carbocycles. The lowest BCUT2D eigenvalue weighted by Crippen LogP contribution is -1.89. The predicted octanol–water partition coefficient (Wildman–Crippen LogP) is 2.36. The number of aromatic hydroxyl groups is 1. The van der Waals surface area contributed by atoms with Crippen LogP contribution in [0.15, 0.2) is 16.6 Å². The Labute approximate surface area is 77.4 Å². The second kappa shape index (κ2) is 3.55. The highest BCUT2D eigenvalue weighted by Crippen LogP contribution is 2.25. The largest absolute Gasteiger partial charge is 0.507 e. The molecule has 0 fully saturated rings. The first-order valence-electron chi connectivity index (χ1n) is 3.19. The fourth-order valence-corrected chi connectivity index (χ4v) is 1.26. The summed E-state index contributed by atoms with van der Waals surface area (Å²) in [6, 6.07) is 4.34. The van der Waals surface area contributed by atoms with Crippen LogP contribution in [-0.2, 0) is 6.42 Å². The van der Waals surface area contributed by atoms with E-state index < -0.39 is 5.82 Å². The van der Waals surface area contributed by atoms with E-state index in [0.717, 1.165) is 0 Å². The van der Waals surface area contributed by atoms with E-state index in [9.17, 15) is 9.50 Å². The summed E-state index contributed by atoms with van der Waals surface area (Å²) in [6.45, 7) is 0. The minimum absolute atomic E-state index is 0.0423. The van der Waals surface area contributed by atoms with Gasteiger partial charge < -0.3 is 5.11 Å². The van der Waals surface area contributed by atoms with Gasteiger partial charge in [0.1, 0.15) is 11.6 Å². The summed E-state index contributed by atoms with van der Waals surface area (Å²) < 4.78 is 13.4.